The third kappa shape index (κ3) is 1.60. The highest BCUT2D eigenvalue weighted by atomic mass is 32.2. The molecule has 0 spiro atoms. The number of carbonyl (C=O) groups is 1. The van der Waals surface area contributed by atoms with Crippen LogP contribution in [0, 0.1) is 0 Å². The lowest BCUT2D eigenvalue weighted by Gasteiger charge is -2.23. The quantitative estimate of drug-likeness (QED) is 0.714. The van der Waals surface area contributed by atoms with Gasteiger partial charge in [0.2, 0.25) is 0 Å². The molecule has 12 heavy (non-hydrogen) atoms. The molecule has 0 aromatic rings. The van der Waals surface area contributed by atoms with Crippen molar-refractivity contribution in [3.05, 3.63) is 0 Å². The van der Waals surface area contributed by atoms with Gasteiger partial charge in [0, 0.05) is 6.26 Å². The zero-order chi connectivity index (χ0) is 9.99. The van der Waals surface area contributed by atoms with E-state index >= 15 is 0 Å². The third-order valence-corrected chi connectivity index (χ3v) is 4.41. The molecule has 0 rings (SSSR count). The summed E-state index contributed by atoms with van der Waals surface area (Å²) >= 11 is 0. The Hall–Kier alpha value is -0.580. The summed E-state index contributed by atoms with van der Waals surface area (Å²) in [5.41, 5.74) is 0. The number of carboxylic acid groups (broad SMARTS) is 1. The minimum absolute atomic E-state index is 0.109. The molecule has 0 heterocycles. The van der Waals surface area contributed by atoms with Gasteiger partial charge in [-0.05, 0) is 12.8 Å². The minimum Gasteiger partial charge on any atom is -0.480 e. The van der Waals surface area contributed by atoms with E-state index in [1.807, 2.05) is 0 Å². The molecule has 0 bridgehead atoms. The predicted molar refractivity (Wildman–Crippen MR) is 45.8 cm³/mol. The average molecular weight is 194 g/mol. The predicted octanol–water partition coefficient (Wildman–Crippen LogP) is 0.674. The SMILES string of the molecule is CCC(CC)(C(=O)O)S(C)(=O)=O. The first-order valence-electron chi connectivity index (χ1n) is 3.74. The van der Waals surface area contributed by atoms with Gasteiger partial charge in [-0.1, -0.05) is 13.8 Å². The van der Waals surface area contributed by atoms with Crippen LogP contribution < -0.4 is 0 Å². The highest BCUT2D eigenvalue weighted by molar-refractivity contribution is 7.92. The molecule has 0 radical (unpaired) electrons. The Morgan fingerprint density at radius 3 is 1.67 bits per heavy atom. The van der Waals surface area contributed by atoms with Crippen molar-refractivity contribution in [2.24, 2.45) is 0 Å². The van der Waals surface area contributed by atoms with E-state index < -0.39 is 20.6 Å². The summed E-state index contributed by atoms with van der Waals surface area (Å²) in [5.74, 6) is -1.25. The Bertz CT molecular complexity index is 261. The zero-order valence-corrected chi connectivity index (χ0v) is 8.31. The molecule has 0 aliphatic carbocycles. The Kier molecular flexibility index (Phi) is 3.26. The van der Waals surface area contributed by atoms with E-state index in [1.165, 1.54) is 0 Å². The van der Waals surface area contributed by atoms with Crippen molar-refractivity contribution in [1.29, 1.82) is 0 Å². The fourth-order valence-corrected chi connectivity index (χ4v) is 2.60. The van der Waals surface area contributed by atoms with E-state index in [4.69, 9.17) is 5.11 Å². The van der Waals surface area contributed by atoms with E-state index in [0.29, 0.717) is 0 Å². The lowest BCUT2D eigenvalue weighted by atomic mass is 10.0. The number of rotatable bonds is 4. The van der Waals surface area contributed by atoms with Crippen LogP contribution in [0.1, 0.15) is 26.7 Å². The second kappa shape index (κ2) is 3.43. The molecule has 0 fully saturated rings. The number of aliphatic carboxylic acids is 1. The van der Waals surface area contributed by atoms with Crippen molar-refractivity contribution in [2.75, 3.05) is 6.26 Å². The van der Waals surface area contributed by atoms with Gasteiger partial charge in [0.1, 0.15) is 0 Å². The number of carboxylic acids is 1. The lowest BCUT2D eigenvalue weighted by molar-refractivity contribution is -0.140. The van der Waals surface area contributed by atoms with Crippen molar-refractivity contribution in [1.82, 2.24) is 0 Å². The van der Waals surface area contributed by atoms with Gasteiger partial charge in [-0.2, -0.15) is 0 Å². The summed E-state index contributed by atoms with van der Waals surface area (Å²) < 4.78 is 20.8. The smallest absolute Gasteiger partial charge is 0.325 e. The van der Waals surface area contributed by atoms with E-state index in [9.17, 15) is 13.2 Å². The lowest BCUT2D eigenvalue weighted by Crippen LogP contribution is -2.44. The normalized spacial score (nSPS) is 12.9. The molecule has 0 saturated carbocycles. The van der Waals surface area contributed by atoms with Gasteiger partial charge in [0.15, 0.2) is 14.6 Å². The topological polar surface area (TPSA) is 71.4 Å². The summed E-state index contributed by atoms with van der Waals surface area (Å²) in [6, 6.07) is 0. The summed E-state index contributed by atoms with van der Waals surface area (Å²) in [6.45, 7) is 3.14. The molecule has 5 heteroatoms. The summed E-state index contributed by atoms with van der Waals surface area (Å²) in [6.07, 6.45) is 1.18. The molecule has 72 valence electrons. The van der Waals surface area contributed by atoms with Crippen LogP contribution in [0.15, 0.2) is 0 Å². The van der Waals surface area contributed by atoms with Gasteiger partial charge in [0.25, 0.3) is 0 Å². The van der Waals surface area contributed by atoms with Crippen molar-refractivity contribution >= 4 is 15.8 Å². The van der Waals surface area contributed by atoms with Crippen molar-refractivity contribution in [2.45, 2.75) is 31.4 Å². The summed E-state index contributed by atoms with van der Waals surface area (Å²) in [5, 5.41) is 8.78. The highest BCUT2D eigenvalue weighted by Gasteiger charge is 2.44. The van der Waals surface area contributed by atoms with E-state index in [1.54, 1.807) is 13.8 Å². The van der Waals surface area contributed by atoms with E-state index in [2.05, 4.69) is 0 Å². The summed E-state index contributed by atoms with van der Waals surface area (Å²) in [7, 11) is -3.53. The molecule has 0 amide bonds. The van der Waals surface area contributed by atoms with Crippen molar-refractivity contribution in [3.8, 4) is 0 Å². The maximum atomic E-state index is 11.2. The molecular weight excluding hydrogens is 180 g/mol. The molecule has 0 aromatic heterocycles. The van der Waals surface area contributed by atoms with Crippen LogP contribution >= 0.6 is 0 Å². The molecule has 0 aromatic carbocycles. The molecule has 4 nitrogen and oxygen atoms in total. The van der Waals surface area contributed by atoms with Gasteiger partial charge in [-0.15, -0.1) is 0 Å². The van der Waals surface area contributed by atoms with Crippen LogP contribution in [0.25, 0.3) is 0 Å². The standard InChI is InChI=1S/C7H14O4S/c1-4-7(5-2,6(8)9)12(3,10)11/h4-5H2,1-3H3,(H,8,9). The second-order valence-corrected chi connectivity index (χ2v) is 5.10. The van der Waals surface area contributed by atoms with Crippen LogP contribution in [0.3, 0.4) is 0 Å². The Labute approximate surface area is 72.5 Å². The van der Waals surface area contributed by atoms with Crippen LogP contribution in [0.5, 0.6) is 0 Å². The number of sulfone groups is 1. The van der Waals surface area contributed by atoms with Gasteiger partial charge in [-0.25, -0.2) is 8.42 Å². The van der Waals surface area contributed by atoms with Crippen molar-refractivity contribution in [3.63, 3.8) is 0 Å². The van der Waals surface area contributed by atoms with Crippen molar-refractivity contribution < 1.29 is 18.3 Å². The first kappa shape index (κ1) is 11.4. The molecular formula is C7H14O4S. The third-order valence-electron chi connectivity index (χ3n) is 2.24. The fourth-order valence-electron chi connectivity index (χ4n) is 1.24. The summed E-state index contributed by atoms with van der Waals surface area (Å²) in [4.78, 5) is 10.8. The highest BCUT2D eigenvalue weighted by Crippen LogP contribution is 2.25. The Balaban J connectivity index is 5.27. The van der Waals surface area contributed by atoms with Gasteiger partial charge in [0.05, 0.1) is 0 Å². The molecule has 0 saturated heterocycles. The Morgan fingerprint density at radius 2 is 1.67 bits per heavy atom. The van der Waals surface area contributed by atoms with E-state index in [-0.39, 0.29) is 12.8 Å². The number of hydrogen-bond donors (Lipinski definition) is 1. The molecule has 0 unspecified atom stereocenters. The van der Waals surface area contributed by atoms with E-state index in [0.717, 1.165) is 6.26 Å². The molecule has 0 aliphatic rings. The molecule has 1 N–H and O–H groups in total. The van der Waals surface area contributed by atoms with Crippen LogP contribution in [-0.2, 0) is 14.6 Å². The van der Waals surface area contributed by atoms with Crippen LogP contribution in [-0.4, -0.2) is 30.5 Å². The van der Waals surface area contributed by atoms with Gasteiger partial charge < -0.3 is 5.11 Å². The van der Waals surface area contributed by atoms with Crippen LogP contribution in [0.2, 0.25) is 0 Å². The maximum absolute atomic E-state index is 11.2. The maximum Gasteiger partial charge on any atom is 0.325 e. The molecule has 0 atom stereocenters. The van der Waals surface area contributed by atoms with Gasteiger partial charge in [-0.3, -0.25) is 4.79 Å². The zero-order valence-electron chi connectivity index (χ0n) is 7.49. The minimum atomic E-state index is -3.53. The fraction of sp³-hybridized carbons (Fsp3) is 0.857. The van der Waals surface area contributed by atoms with Crippen LogP contribution in [0.4, 0.5) is 0 Å². The first-order chi connectivity index (χ1) is 5.31. The Morgan fingerprint density at radius 1 is 1.33 bits per heavy atom. The molecule has 0 aliphatic heterocycles. The average Bonchev–Trinajstić information content (AvgIpc) is 1.87. The monoisotopic (exact) mass is 194 g/mol. The first-order valence-corrected chi connectivity index (χ1v) is 5.64. The largest absolute Gasteiger partial charge is 0.480 e. The number of hydrogen-bond acceptors (Lipinski definition) is 3. The van der Waals surface area contributed by atoms with Gasteiger partial charge >= 0.3 is 5.97 Å². The second-order valence-electron chi connectivity index (χ2n) is 2.78.